The fraction of sp³-hybridized carbons (Fsp3) is 0.400. The Morgan fingerprint density at radius 2 is 2.22 bits per heavy atom. The summed E-state index contributed by atoms with van der Waals surface area (Å²) in [6, 6.07) is 3.27. The van der Waals surface area contributed by atoms with E-state index in [1.165, 1.54) is 12.5 Å². The highest BCUT2D eigenvalue weighted by Gasteiger charge is 2.26. The van der Waals surface area contributed by atoms with Crippen molar-refractivity contribution < 1.29 is 18.5 Å². The predicted octanol–water partition coefficient (Wildman–Crippen LogP) is 1.50. The molecule has 120 valence electrons. The molecular weight excluding hydrogens is 300 g/mol. The van der Waals surface area contributed by atoms with Crippen LogP contribution in [0.1, 0.15) is 26.2 Å². The van der Waals surface area contributed by atoms with Gasteiger partial charge in [-0.3, -0.25) is 9.59 Å². The van der Waals surface area contributed by atoms with Gasteiger partial charge in [0, 0.05) is 18.9 Å². The minimum atomic E-state index is -1.33. The molecule has 2 rings (SSSR count). The second-order valence-corrected chi connectivity index (χ2v) is 5.22. The van der Waals surface area contributed by atoms with E-state index >= 15 is 0 Å². The summed E-state index contributed by atoms with van der Waals surface area (Å²) in [5, 5.41) is 15.3. The van der Waals surface area contributed by atoms with E-state index in [0.29, 0.717) is 11.4 Å². The number of carbonyl (C=O) groups is 2. The van der Waals surface area contributed by atoms with Gasteiger partial charge < -0.3 is 14.3 Å². The molecule has 0 aromatic carbocycles. The molecule has 0 aliphatic carbocycles. The molecule has 0 bridgehead atoms. The summed E-state index contributed by atoms with van der Waals surface area (Å²) >= 11 is 0. The highest BCUT2D eigenvalue weighted by atomic mass is 16.5. The summed E-state index contributed by atoms with van der Waals surface area (Å²) in [5.74, 6) is -1.77. The van der Waals surface area contributed by atoms with E-state index < -0.39 is 17.6 Å². The zero-order valence-electron chi connectivity index (χ0n) is 12.8. The number of ketones is 1. The van der Waals surface area contributed by atoms with Crippen LogP contribution in [0.15, 0.2) is 27.5 Å². The van der Waals surface area contributed by atoms with Crippen LogP contribution in [0.5, 0.6) is 0 Å². The summed E-state index contributed by atoms with van der Waals surface area (Å²) in [6.07, 6.45) is 3.09. The van der Waals surface area contributed by atoms with Crippen LogP contribution in [-0.2, 0) is 16.0 Å². The zero-order chi connectivity index (χ0) is 16.8. The molecule has 2 aromatic heterocycles. The Kier molecular flexibility index (Phi) is 5.25. The lowest BCUT2D eigenvalue weighted by Gasteiger charge is -2.11. The number of aromatic nitrogens is 2. The number of furan rings is 1. The van der Waals surface area contributed by atoms with Crippen molar-refractivity contribution in [2.75, 3.05) is 0 Å². The molecule has 0 radical (unpaired) electrons. The lowest BCUT2D eigenvalue weighted by Crippen LogP contribution is -2.38. The summed E-state index contributed by atoms with van der Waals surface area (Å²) in [7, 11) is 0. The van der Waals surface area contributed by atoms with Gasteiger partial charge in [-0.15, -0.1) is 0 Å². The number of hydrogen-bond donors (Lipinski definition) is 1. The van der Waals surface area contributed by atoms with Crippen molar-refractivity contribution >= 4 is 11.7 Å². The van der Waals surface area contributed by atoms with Gasteiger partial charge in [0.25, 0.3) is 0 Å². The van der Waals surface area contributed by atoms with Gasteiger partial charge in [-0.1, -0.05) is 5.16 Å². The van der Waals surface area contributed by atoms with Crippen LogP contribution >= 0.6 is 0 Å². The maximum Gasteiger partial charge on any atom is 0.245 e. The minimum Gasteiger partial charge on any atom is -0.472 e. The van der Waals surface area contributed by atoms with Gasteiger partial charge >= 0.3 is 0 Å². The Labute approximate surface area is 132 Å². The fourth-order valence-corrected chi connectivity index (χ4v) is 1.88. The van der Waals surface area contributed by atoms with Crippen molar-refractivity contribution in [3.05, 3.63) is 24.5 Å². The molecule has 23 heavy (non-hydrogen) atoms. The summed E-state index contributed by atoms with van der Waals surface area (Å²) in [6.45, 7) is 3.51. The van der Waals surface area contributed by atoms with Crippen LogP contribution < -0.4 is 5.32 Å². The van der Waals surface area contributed by atoms with Gasteiger partial charge in [0.15, 0.2) is 11.7 Å². The minimum absolute atomic E-state index is 0.0310. The third-order valence-electron chi connectivity index (χ3n) is 2.98. The highest BCUT2D eigenvalue weighted by molar-refractivity contribution is 6.04. The molecule has 8 heteroatoms. The van der Waals surface area contributed by atoms with Crippen molar-refractivity contribution in [1.82, 2.24) is 15.5 Å². The quantitative estimate of drug-likeness (QED) is 0.768. The molecule has 0 saturated heterocycles. The fourth-order valence-electron chi connectivity index (χ4n) is 1.88. The van der Waals surface area contributed by atoms with Crippen molar-refractivity contribution in [3.8, 4) is 17.5 Å². The molecule has 0 aliphatic heterocycles. The Morgan fingerprint density at radius 1 is 1.43 bits per heavy atom. The van der Waals surface area contributed by atoms with Crippen molar-refractivity contribution in [1.29, 1.82) is 5.26 Å². The summed E-state index contributed by atoms with van der Waals surface area (Å²) in [5.41, 5.74) is 0.664. The van der Waals surface area contributed by atoms with Crippen LogP contribution in [0.3, 0.4) is 0 Å². The normalized spacial score (nSPS) is 11.9. The number of nitrogens with one attached hydrogen (secondary N) is 1. The van der Waals surface area contributed by atoms with Crippen molar-refractivity contribution in [2.45, 2.75) is 32.7 Å². The number of carbonyl (C=O) groups excluding carboxylic acids is 2. The zero-order valence-corrected chi connectivity index (χ0v) is 12.8. The largest absolute Gasteiger partial charge is 0.472 e. The first kappa shape index (κ1) is 16.4. The standard InChI is InChI=1S/C15H16N4O4/c1-9(2)17-15(21)11(7-16)12(20)3-4-13-18-14(19-23-13)10-5-6-22-8-10/h5-6,8-9,11H,3-4H2,1-2H3,(H,17,21)/t11-/m1/s1. The van der Waals surface area contributed by atoms with E-state index in [1.807, 2.05) is 0 Å². The number of aryl methyl sites for hydroxylation is 1. The average Bonchev–Trinajstić information content (AvgIpc) is 3.16. The lowest BCUT2D eigenvalue weighted by molar-refractivity contribution is -0.132. The molecule has 1 amide bonds. The maximum absolute atomic E-state index is 12.0. The molecule has 8 nitrogen and oxygen atoms in total. The van der Waals surface area contributed by atoms with Crippen LogP contribution in [0.25, 0.3) is 11.4 Å². The van der Waals surface area contributed by atoms with E-state index in [4.69, 9.17) is 14.2 Å². The number of hydrogen-bond acceptors (Lipinski definition) is 7. The van der Waals surface area contributed by atoms with E-state index in [2.05, 4.69) is 15.5 Å². The number of nitriles is 1. The average molecular weight is 316 g/mol. The molecule has 1 N–H and O–H groups in total. The summed E-state index contributed by atoms with van der Waals surface area (Å²) < 4.78 is 9.96. The van der Waals surface area contributed by atoms with E-state index in [1.54, 1.807) is 26.0 Å². The van der Waals surface area contributed by atoms with Gasteiger partial charge in [0.1, 0.15) is 6.26 Å². The molecular formula is C15H16N4O4. The Balaban J connectivity index is 1.93. The molecule has 0 saturated carbocycles. The highest BCUT2D eigenvalue weighted by Crippen LogP contribution is 2.16. The molecule has 0 spiro atoms. The van der Waals surface area contributed by atoms with Gasteiger partial charge in [0.05, 0.1) is 17.9 Å². The van der Waals surface area contributed by atoms with Crippen LogP contribution in [0.2, 0.25) is 0 Å². The van der Waals surface area contributed by atoms with Gasteiger partial charge in [-0.05, 0) is 19.9 Å². The maximum atomic E-state index is 12.0. The lowest BCUT2D eigenvalue weighted by atomic mass is 10.0. The second kappa shape index (κ2) is 7.35. The van der Waals surface area contributed by atoms with Gasteiger partial charge in [-0.25, -0.2) is 0 Å². The van der Waals surface area contributed by atoms with Crippen LogP contribution in [-0.4, -0.2) is 27.9 Å². The van der Waals surface area contributed by atoms with Crippen LogP contribution in [0.4, 0.5) is 0 Å². The monoisotopic (exact) mass is 316 g/mol. The summed E-state index contributed by atoms with van der Waals surface area (Å²) in [4.78, 5) is 27.9. The first-order valence-corrected chi connectivity index (χ1v) is 7.09. The topological polar surface area (TPSA) is 122 Å². The Hall–Kier alpha value is -2.95. The molecule has 1 atom stereocenters. The Morgan fingerprint density at radius 3 is 2.83 bits per heavy atom. The smallest absolute Gasteiger partial charge is 0.245 e. The van der Waals surface area contributed by atoms with Crippen molar-refractivity contribution in [3.63, 3.8) is 0 Å². The number of rotatable bonds is 7. The van der Waals surface area contributed by atoms with E-state index in [-0.39, 0.29) is 24.8 Å². The molecule has 0 fully saturated rings. The van der Waals surface area contributed by atoms with Gasteiger partial charge in [-0.2, -0.15) is 10.2 Å². The van der Waals surface area contributed by atoms with Crippen molar-refractivity contribution in [2.24, 2.45) is 5.92 Å². The second-order valence-electron chi connectivity index (χ2n) is 5.22. The first-order chi connectivity index (χ1) is 11.0. The molecule has 2 heterocycles. The number of nitrogens with zero attached hydrogens (tertiary/aromatic N) is 3. The van der Waals surface area contributed by atoms with E-state index in [0.717, 1.165) is 0 Å². The van der Waals surface area contributed by atoms with Crippen LogP contribution in [0, 0.1) is 17.2 Å². The Bertz CT molecular complexity index is 712. The van der Waals surface area contributed by atoms with E-state index in [9.17, 15) is 9.59 Å². The molecule has 2 aromatic rings. The predicted molar refractivity (Wildman–Crippen MR) is 77.7 cm³/mol. The SMILES string of the molecule is CC(C)NC(=O)[C@H](C#N)C(=O)CCc1nc(-c2ccoc2)no1. The third kappa shape index (κ3) is 4.26. The molecule has 0 aliphatic rings. The third-order valence-corrected chi connectivity index (χ3v) is 2.98. The molecule has 0 unspecified atom stereocenters. The van der Waals surface area contributed by atoms with Gasteiger partial charge in [0.2, 0.25) is 17.6 Å². The first-order valence-electron chi connectivity index (χ1n) is 7.09. The number of amides is 1. The number of Topliss-reactive ketones (excluding diaryl/α,β-unsaturated/α-hetero) is 1.